The molecule has 0 atom stereocenters. The fraction of sp³-hybridized carbons (Fsp3) is 0.0476. The fourth-order valence-corrected chi connectivity index (χ4v) is 2.32. The minimum atomic E-state index is -0.653. The van der Waals surface area contributed by atoms with Crippen molar-refractivity contribution in [2.75, 3.05) is 11.9 Å². The summed E-state index contributed by atoms with van der Waals surface area (Å²) in [6, 6.07) is 17.2. The number of esters is 1. The van der Waals surface area contributed by atoms with Crippen LogP contribution in [0.2, 0.25) is 0 Å². The molecule has 0 aliphatic carbocycles. The normalized spacial score (nSPS) is 9.96. The lowest BCUT2D eigenvalue weighted by atomic mass is 10.1. The fourth-order valence-electron chi connectivity index (χ4n) is 2.32. The summed E-state index contributed by atoms with van der Waals surface area (Å²) in [5, 5.41) is 11.4. The highest BCUT2D eigenvalue weighted by molar-refractivity contribution is 6.03. The highest BCUT2D eigenvalue weighted by Crippen LogP contribution is 2.13. The van der Waals surface area contributed by atoms with Crippen LogP contribution in [-0.2, 0) is 4.74 Å². The number of anilines is 1. The number of ketones is 1. The lowest BCUT2D eigenvalue weighted by molar-refractivity contribution is 0.0474. The Kier molecular flexibility index (Phi) is 5.63. The predicted molar refractivity (Wildman–Crippen MR) is 98.9 cm³/mol. The number of carbonyl (C=O) groups excluding carboxylic acids is 3. The lowest BCUT2D eigenvalue weighted by Crippen LogP contribution is -2.14. The molecule has 1 aromatic heterocycles. The molecule has 7 heteroatoms. The van der Waals surface area contributed by atoms with Gasteiger partial charge in [0, 0.05) is 11.3 Å². The summed E-state index contributed by atoms with van der Waals surface area (Å²) >= 11 is 0. The minimum absolute atomic E-state index is 0.176. The summed E-state index contributed by atoms with van der Waals surface area (Å²) in [7, 11) is 0. The summed E-state index contributed by atoms with van der Waals surface area (Å²) in [5.41, 5.74) is 1.51. The van der Waals surface area contributed by atoms with Crippen molar-refractivity contribution in [1.29, 1.82) is 5.26 Å². The third-order valence-corrected chi connectivity index (χ3v) is 3.79. The molecule has 2 aromatic carbocycles. The van der Waals surface area contributed by atoms with Gasteiger partial charge < -0.3 is 14.5 Å². The zero-order valence-electron chi connectivity index (χ0n) is 14.5. The van der Waals surface area contributed by atoms with E-state index >= 15 is 0 Å². The first kappa shape index (κ1) is 18.6. The third-order valence-electron chi connectivity index (χ3n) is 3.79. The number of benzene rings is 2. The van der Waals surface area contributed by atoms with Gasteiger partial charge in [-0.2, -0.15) is 5.26 Å². The molecule has 0 aliphatic heterocycles. The van der Waals surface area contributed by atoms with E-state index in [9.17, 15) is 14.4 Å². The van der Waals surface area contributed by atoms with Crippen LogP contribution in [0.25, 0.3) is 0 Å². The van der Waals surface area contributed by atoms with E-state index in [0.717, 1.165) is 0 Å². The van der Waals surface area contributed by atoms with Crippen LogP contribution in [0.3, 0.4) is 0 Å². The summed E-state index contributed by atoms with van der Waals surface area (Å²) in [4.78, 5) is 36.0. The summed E-state index contributed by atoms with van der Waals surface area (Å²) < 4.78 is 10.0. The molecule has 0 unspecified atom stereocenters. The van der Waals surface area contributed by atoms with Gasteiger partial charge in [0.25, 0.3) is 5.91 Å². The smallest absolute Gasteiger partial charge is 0.338 e. The van der Waals surface area contributed by atoms with Gasteiger partial charge in [-0.1, -0.05) is 0 Å². The quantitative estimate of drug-likeness (QED) is 0.523. The summed E-state index contributed by atoms with van der Waals surface area (Å²) in [5.74, 6) is -1.26. The Morgan fingerprint density at radius 1 is 0.964 bits per heavy atom. The Hall–Kier alpha value is -4.18. The molecule has 1 heterocycles. The second kappa shape index (κ2) is 8.47. The van der Waals surface area contributed by atoms with Crippen LogP contribution in [0.5, 0.6) is 0 Å². The van der Waals surface area contributed by atoms with Crippen molar-refractivity contribution < 1.29 is 23.5 Å². The van der Waals surface area contributed by atoms with Crippen molar-refractivity contribution in [2.24, 2.45) is 0 Å². The molecular formula is C21H14N2O5. The Labute approximate surface area is 160 Å². The van der Waals surface area contributed by atoms with Gasteiger partial charge in [-0.3, -0.25) is 9.59 Å². The molecule has 0 radical (unpaired) electrons. The number of rotatable bonds is 6. The number of ether oxygens (including phenoxy) is 1. The van der Waals surface area contributed by atoms with Crippen LogP contribution in [0.15, 0.2) is 71.3 Å². The first-order chi connectivity index (χ1) is 13.6. The zero-order chi connectivity index (χ0) is 19.9. The number of amides is 1. The van der Waals surface area contributed by atoms with Crippen LogP contribution in [-0.4, -0.2) is 24.3 Å². The van der Waals surface area contributed by atoms with Crippen molar-refractivity contribution >= 4 is 23.3 Å². The summed E-state index contributed by atoms with van der Waals surface area (Å²) in [6.45, 7) is -0.420. The van der Waals surface area contributed by atoms with Crippen molar-refractivity contribution in [1.82, 2.24) is 0 Å². The van der Waals surface area contributed by atoms with Gasteiger partial charge in [0.1, 0.15) is 0 Å². The first-order valence-electron chi connectivity index (χ1n) is 8.22. The molecular weight excluding hydrogens is 360 g/mol. The SMILES string of the molecule is N#Cc1ccc(C(=O)OCC(=O)c2ccc(NC(=O)c3ccco3)cc2)cc1. The molecule has 0 saturated carbocycles. The number of nitrogens with one attached hydrogen (secondary N) is 1. The van der Waals surface area contributed by atoms with E-state index < -0.39 is 18.5 Å². The van der Waals surface area contributed by atoms with E-state index in [-0.39, 0.29) is 17.1 Å². The average molecular weight is 374 g/mol. The van der Waals surface area contributed by atoms with E-state index in [1.807, 2.05) is 6.07 Å². The number of nitrogens with zero attached hydrogens (tertiary/aromatic N) is 1. The molecule has 3 aromatic rings. The molecule has 1 amide bonds. The van der Waals surface area contributed by atoms with Crippen molar-refractivity contribution in [3.05, 3.63) is 89.4 Å². The van der Waals surface area contributed by atoms with Gasteiger partial charge in [-0.05, 0) is 60.7 Å². The maximum Gasteiger partial charge on any atom is 0.338 e. The topological polar surface area (TPSA) is 109 Å². The molecule has 138 valence electrons. The van der Waals surface area contributed by atoms with Crippen molar-refractivity contribution in [3.63, 3.8) is 0 Å². The third kappa shape index (κ3) is 4.51. The zero-order valence-corrected chi connectivity index (χ0v) is 14.5. The Morgan fingerprint density at radius 2 is 1.64 bits per heavy atom. The number of furan rings is 1. The van der Waals surface area contributed by atoms with Crippen LogP contribution < -0.4 is 5.32 Å². The predicted octanol–water partition coefficient (Wildman–Crippen LogP) is 3.44. The molecule has 0 aliphatic rings. The number of hydrogen-bond acceptors (Lipinski definition) is 6. The molecule has 3 rings (SSSR count). The monoisotopic (exact) mass is 374 g/mol. The van der Waals surface area contributed by atoms with E-state index in [4.69, 9.17) is 14.4 Å². The Bertz CT molecular complexity index is 1030. The van der Waals surface area contributed by atoms with Crippen LogP contribution >= 0.6 is 0 Å². The number of carbonyl (C=O) groups is 3. The standard InChI is InChI=1S/C21H14N2O5/c22-12-14-3-5-16(6-4-14)21(26)28-13-18(24)15-7-9-17(10-8-15)23-20(25)19-2-1-11-27-19/h1-11H,13H2,(H,23,25). The van der Waals surface area contributed by atoms with Crippen LogP contribution in [0.1, 0.15) is 36.8 Å². The minimum Gasteiger partial charge on any atom is -0.459 e. The number of hydrogen-bond donors (Lipinski definition) is 1. The van der Waals surface area contributed by atoms with Crippen molar-refractivity contribution in [3.8, 4) is 6.07 Å². The van der Waals surface area contributed by atoms with Gasteiger partial charge in [0.05, 0.1) is 23.5 Å². The second-order valence-electron chi connectivity index (χ2n) is 5.70. The average Bonchev–Trinajstić information content (AvgIpc) is 3.27. The van der Waals surface area contributed by atoms with Gasteiger partial charge >= 0.3 is 5.97 Å². The first-order valence-corrected chi connectivity index (χ1v) is 8.22. The maximum absolute atomic E-state index is 12.2. The summed E-state index contributed by atoms with van der Waals surface area (Å²) in [6.07, 6.45) is 1.40. The molecule has 0 bridgehead atoms. The van der Waals surface area contributed by atoms with Gasteiger partial charge in [-0.25, -0.2) is 4.79 Å². The number of Topliss-reactive ketones (excluding diaryl/α,β-unsaturated/α-hetero) is 1. The second-order valence-corrected chi connectivity index (χ2v) is 5.70. The van der Waals surface area contributed by atoms with Gasteiger partial charge in [0.2, 0.25) is 0 Å². The number of nitriles is 1. The van der Waals surface area contributed by atoms with E-state index in [2.05, 4.69) is 5.32 Å². The van der Waals surface area contributed by atoms with E-state index in [1.54, 1.807) is 18.2 Å². The molecule has 7 nitrogen and oxygen atoms in total. The van der Waals surface area contributed by atoms with E-state index in [1.165, 1.54) is 48.7 Å². The largest absolute Gasteiger partial charge is 0.459 e. The molecule has 0 spiro atoms. The molecule has 1 N–H and O–H groups in total. The molecule has 0 saturated heterocycles. The Morgan fingerprint density at radius 3 is 2.25 bits per heavy atom. The van der Waals surface area contributed by atoms with Gasteiger partial charge in [0.15, 0.2) is 18.2 Å². The highest BCUT2D eigenvalue weighted by Gasteiger charge is 2.13. The van der Waals surface area contributed by atoms with Crippen LogP contribution in [0, 0.1) is 11.3 Å². The van der Waals surface area contributed by atoms with Crippen LogP contribution in [0.4, 0.5) is 5.69 Å². The van der Waals surface area contributed by atoms with E-state index in [0.29, 0.717) is 16.8 Å². The Balaban J connectivity index is 1.54. The molecule has 28 heavy (non-hydrogen) atoms. The highest BCUT2D eigenvalue weighted by atomic mass is 16.5. The lowest BCUT2D eigenvalue weighted by Gasteiger charge is -2.06. The maximum atomic E-state index is 12.2. The van der Waals surface area contributed by atoms with Crippen molar-refractivity contribution in [2.45, 2.75) is 0 Å². The van der Waals surface area contributed by atoms with Gasteiger partial charge in [-0.15, -0.1) is 0 Å². The molecule has 0 fully saturated rings.